The highest BCUT2D eigenvalue weighted by Gasteiger charge is 2.35. The van der Waals surface area contributed by atoms with Crippen molar-refractivity contribution in [2.45, 2.75) is 19.6 Å². The second-order valence-electron chi connectivity index (χ2n) is 6.98. The minimum absolute atomic E-state index is 0.0936. The van der Waals surface area contributed by atoms with Crippen molar-refractivity contribution >= 4 is 11.6 Å². The number of pyridine rings is 1. The van der Waals surface area contributed by atoms with E-state index in [1.807, 2.05) is 41.0 Å². The van der Waals surface area contributed by atoms with Crippen LogP contribution in [0.15, 0.2) is 42.6 Å². The summed E-state index contributed by atoms with van der Waals surface area (Å²) in [4.78, 5) is 19.7. The Balaban J connectivity index is 1.48. The lowest BCUT2D eigenvalue weighted by Crippen LogP contribution is -2.48. The van der Waals surface area contributed by atoms with Crippen LogP contribution < -0.4 is 5.32 Å². The molecule has 1 aliphatic heterocycles. The van der Waals surface area contributed by atoms with E-state index in [4.69, 9.17) is 0 Å². The normalized spacial score (nSPS) is 16.1. The molecule has 0 unspecified atom stereocenters. The second-order valence-corrected chi connectivity index (χ2v) is 6.98. The van der Waals surface area contributed by atoms with Gasteiger partial charge in [0.05, 0.1) is 6.54 Å². The zero-order valence-electron chi connectivity index (χ0n) is 15.7. The first-order chi connectivity index (χ1) is 13.3. The van der Waals surface area contributed by atoms with E-state index in [9.17, 15) is 18.0 Å². The topological polar surface area (TPSA) is 48.5 Å². The van der Waals surface area contributed by atoms with Crippen LogP contribution in [0.2, 0.25) is 0 Å². The van der Waals surface area contributed by atoms with Crippen molar-refractivity contribution in [3.63, 3.8) is 0 Å². The number of carbonyl (C=O) groups excluding carboxylic acids is 1. The molecular weight excluding hydrogens is 369 g/mol. The van der Waals surface area contributed by atoms with Gasteiger partial charge in [0, 0.05) is 44.6 Å². The Hall–Kier alpha value is -2.45. The Morgan fingerprint density at radius 2 is 1.71 bits per heavy atom. The van der Waals surface area contributed by atoms with Crippen molar-refractivity contribution in [1.29, 1.82) is 0 Å². The van der Waals surface area contributed by atoms with Gasteiger partial charge in [-0.3, -0.25) is 19.6 Å². The maximum atomic E-state index is 13.1. The molecule has 1 aromatic heterocycles. The lowest BCUT2D eigenvalue weighted by Gasteiger charge is -2.34. The van der Waals surface area contributed by atoms with Crippen molar-refractivity contribution in [3.8, 4) is 0 Å². The number of halogens is 3. The van der Waals surface area contributed by atoms with Gasteiger partial charge in [-0.1, -0.05) is 23.8 Å². The molecule has 1 fully saturated rings. The van der Waals surface area contributed by atoms with Crippen molar-refractivity contribution in [1.82, 2.24) is 14.8 Å². The Morgan fingerprint density at radius 1 is 1.07 bits per heavy atom. The van der Waals surface area contributed by atoms with Crippen molar-refractivity contribution < 1.29 is 18.0 Å². The number of piperazine rings is 1. The highest BCUT2D eigenvalue weighted by molar-refractivity contribution is 5.92. The maximum absolute atomic E-state index is 13.1. The molecule has 3 rings (SSSR count). The summed E-state index contributed by atoms with van der Waals surface area (Å²) < 4.78 is 39.2. The summed E-state index contributed by atoms with van der Waals surface area (Å²) in [5.41, 5.74) is 1.23. The largest absolute Gasteiger partial charge is 0.433 e. The number of hydrogen-bond acceptors (Lipinski definition) is 4. The SMILES string of the molecule is Cc1ccc(NC(=O)CN2CCN(Cc3cccnc3C(F)(F)F)CC2)cc1. The van der Waals surface area contributed by atoms with Crippen LogP contribution in [0.3, 0.4) is 0 Å². The number of rotatable bonds is 5. The zero-order chi connectivity index (χ0) is 20.1. The lowest BCUT2D eigenvalue weighted by molar-refractivity contribution is -0.142. The highest BCUT2D eigenvalue weighted by Crippen LogP contribution is 2.30. The third kappa shape index (κ3) is 5.53. The first kappa shape index (κ1) is 20.3. The number of amides is 1. The van der Waals surface area contributed by atoms with E-state index < -0.39 is 11.9 Å². The molecule has 1 amide bonds. The third-order valence-corrected chi connectivity index (χ3v) is 4.72. The molecule has 0 bridgehead atoms. The molecule has 0 atom stereocenters. The molecule has 1 aromatic carbocycles. The Kier molecular flexibility index (Phi) is 6.31. The van der Waals surface area contributed by atoms with Gasteiger partial charge in [0.1, 0.15) is 5.69 Å². The molecule has 1 aliphatic rings. The minimum atomic E-state index is -4.45. The summed E-state index contributed by atoms with van der Waals surface area (Å²) in [5, 5.41) is 2.86. The summed E-state index contributed by atoms with van der Waals surface area (Å²) in [6.45, 7) is 4.91. The molecule has 8 heteroatoms. The van der Waals surface area contributed by atoms with Gasteiger partial charge in [-0.05, 0) is 30.7 Å². The molecular formula is C20H23F3N4O. The van der Waals surface area contributed by atoms with Gasteiger partial charge < -0.3 is 5.32 Å². The number of anilines is 1. The minimum Gasteiger partial charge on any atom is -0.325 e. The first-order valence-electron chi connectivity index (χ1n) is 9.13. The number of alkyl halides is 3. The van der Waals surface area contributed by atoms with Gasteiger partial charge in [0.2, 0.25) is 5.91 Å². The average Bonchev–Trinajstić information content (AvgIpc) is 2.65. The number of aryl methyl sites for hydroxylation is 1. The second kappa shape index (κ2) is 8.70. The van der Waals surface area contributed by atoms with Crippen LogP contribution in [0.5, 0.6) is 0 Å². The van der Waals surface area contributed by atoms with Crippen LogP contribution in [0.1, 0.15) is 16.8 Å². The summed E-state index contributed by atoms with van der Waals surface area (Å²) >= 11 is 0. The zero-order valence-corrected chi connectivity index (χ0v) is 15.7. The first-order valence-corrected chi connectivity index (χ1v) is 9.13. The van der Waals surface area contributed by atoms with E-state index in [-0.39, 0.29) is 24.6 Å². The molecule has 5 nitrogen and oxygen atoms in total. The quantitative estimate of drug-likeness (QED) is 0.849. The molecule has 2 aromatic rings. The van der Waals surface area contributed by atoms with E-state index in [0.29, 0.717) is 26.2 Å². The Labute approximate surface area is 162 Å². The van der Waals surface area contributed by atoms with Crippen molar-refractivity contribution in [2.75, 3.05) is 38.0 Å². The fraction of sp³-hybridized carbons (Fsp3) is 0.400. The average molecular weight is 392 g/mol. The summed E-state index contributed by atoms with van der Waals surface area (Å²) in [6.07, 6.45) is -3.29. The van der Waals surface area contributed by atoms with Gasteiger partial charge in [-0.25, -0.2) is 0 Å². The number of nitrogens with zero attached hydrogens (tertiary/aromatic N) is 3. The smallest absolute Gasteiger partial charge is 0.325 e. The standard InChI is InChI=1S/C20H23F3N4O/c1-15-4-6-17(7-5-15)25-18(28)14-27-11-9-26(10-12-27)13-16-3-2-8-24-19(16)20(21,22)23/h2-8H,9-14H2,1H3,(H,25,28). The van der Waals surface area contributed by atoms with E-state index in [0.717, 1.165) is 17.4 Å². The lowest BCUT2D eigenvalue weighted by atomic mass is 10.1. The van der Waals surface area contributed by atoms with E-state index in [1.54, 1.807) is 0 Å². The molecule has 2 heterocycles. The number of nitrogens with one attached hydrogen (secondary N) is 1. The molecule has 150 valence electrons. The monoisotopic (exact) mass is 392 g/mol. The summed E-state index contributed by atoms with van der Waals surface area (Å²) in [5.74, 6) is -0.0936. The molecule has 0 saturated carbocycles. The van der Waals surface area contributed by atoms with Crippen molar-refractivity contribution in [3.05, 3.63) is 59.4 Å². The van der Waals surface area contributed by atoms with Crippen LogP contribution in [0.4, 0.5) is 18.9 Å². The molecule has 0 spiro atoms. The number of carbonyl (C=O) groups is 1. The Bertz CT molecular complexity index is 800. The van der Waals surface area contributed by atoms with Crippen molar-refractivity contribution in [2.24, 2.45) is 0 Å². The molecule has 28 heavy (non-hydrogen) atoms. The van der Waals surface area contributed by atoms with Gasteiger partial charge in [0.15, 0.2) is 0 Å². The van der Waals surface area contributed by atoms with Gasteiger partial charge in [0.25, 0.3) is 0 Å². The van der Waals surface area contributed by atoms with E-state index in [2.05, 4.69) is 10.3 Å². The van der Waals surface area contributed by atoms with Gasteiger partial charge in [-0.2, -0.15) is 13.2 Å². The molecule has 0 radical (unpaired) electrons. The van der Waals surface area contributed by atoms with Crippen LogP contribution in [-0.2, 0) is 17.5 Å². The predicted molar refractivity (Wildman–Crippen MR) is 101 cm³/mol. The maximum Gasteiger partial charge on any atom is 0.433 e. The van der Waals surface area contributed by atoms with E-state index in [1.165, 1.54) is 12.1 Å². The summed E-state index contributed by atoms with van der Waals surface area (Å²) in [6, 6.07) is 10.6. The third-order valence-electron chi connectivity index (χ3n) is 4.72. The number of hydrogen-bond donors (Lipinski definition) is 1. The number of benzene rings is 1. The van der Waals surface area contributed by atoms with Crippen LogP contribution in [-0.4, -0.2) is 53.4 Å². The molecule has 1 N–H and O–H groups in total. The highest BCUT2D eigenvalue weighted by atomic mass is 19.4. The summed E-state index contributed by atoms with van der Waals surface area (Å²) in [7, 11) is 0. The van der Waals surface area contributed by atoms with Crippen LogP contribution >= 0.6 is 0 Å². The Morgan fingerprint density at radius 3 is 2.36 bits per heavy atom. The molecule has 1 saturated heterocycles. The van der Waals surface area contributed by atoms with Crippen LogP contribution in [0.25, 0.3) is 0 Å². The van der Waals surface area contributed by atoms with Gasteiger partial charge >= 0.3 is 6.18 Å². The van der Waals surface area contributed by atoms with Gasteiger partial charge in [-0.15, -0.1) is 0 Å². The van der Waals surface area contributed by atoms with Crippen LogP contribution in [0, 0.1) is 6.92 Å². The fourth-order valence-electron chi connectivity index (χ4n) is 3.21. The number of aromatic nitrogens is 1. The molecule has 0 aliphatic carbocycles. The fourth-order valence-corrected chi connectivity index (χ4v) is 3.21. The van der Waals surface area contributed by atoms with E-state index >= 15 is 0 Å². The predicted octanol–water partition coefficient (Wildman–Crippen LogP) is 3.17.